The quantitative estimate of drug-likeness (QED) is 0.171. The molecule has 2 atom stereocenters. The van der Waals surface area contributed by atoms with Gasteiger partial charge in [-0.05, 0) is 132 Å². The van der Waals surface area contributed by atoms with E-state index in [2.05, 4.69) is 171 Å². The monoisotopic (exact) mass is 739 g/mol. The molecule has 278 valence electrons. The van der Waals surface area contributed by atoms with Gasteiger partial charge in [-0.15, -0.1) is 0 Å². The Morgan fingerprint density at radius 3 is 2.44 bits per heavy atom. The Bertz CT molecular complexity index is 2900. The van der Waals surface area contributed by atoms with Gasteiger partial charge in [0, 0.05) is 44.7 Å². The molecule has 5 aliphatic rings. The van der Waals surface area contributed by atoms with Gasteiger partial charge < -0.3 is 9.32 Å². The van der Waals surface area contributed by atoms with Crippen molar-refractivity contribution in [3.63, 3.8) is 0 Å². The summed E-state index contributed by atoms with van der Waals surface area (Å²) in [4.78, 5) is 13.0. The number of allylic oxidation sites excluding steroid dienone is 9. The van der Waals surface area contributed by atoms with Crippen LogP contribution in [0, 0.1) is 5.92 Å². The van der Waals surface area contributed by atoms with E-state index in [4.69, 9.17) is 14.4 Å². The molecule has 11 rings (SSSR count). The van der Waals surface area contributed by atoms with Crippen LogP contribution in [0.15, 0.2) is 144 Å². The Labute approximate surface area is 334 Å². The molecule has 0 amide bonds. The van der Waals surface area contributed by atoms with Crippen molar-refractivity contribution < 1.29 is 4.42 Å². The molecule has 0 bridgehead atoms. The number of hydrogen-bond acceptors (Lipinski definition) is 4. The van der Waals surface area contributed by atoms with Crippen molar-refractivity contribution in [2.24, 2.45) is 5.92 Å². The Kier molecular flexibility index (Phi) is 8.03. The van der Waals surface area contributed by atoms with Gasteiger partial charge in [0.25, 0.3) is 0 Å². The standard InChI is InChI=1S/C53H45N3O/c1-53(2)45-24-11-9-21-40(45)41-30-28-39(33-46(41)53)56(37-18-7-4-8-19-37)38-20-13-17-35(31-38)36-27-29-43-49(32-36)57-48-26-14-23-44(50(43)48)52-54-47-25-12-10-22-42(47)51(55-52)34-15-5-3-6-16-34/h4-5,7-11,13,15-22,24,26-33,40,45H,3,6,12,14,23,25H2,1-2H3. The summed E-state index contributed by atoms with van der Waals surface area (Å²) in [5, 5.41) is 2.26. The lowest BCUT2D eigenvalue weighted by Gasteiger charge is -2.30. The van der Waals surface area contributed by atoms with Gasteiger partial charge in [-0.2, -0.15) is 0 Å². The highest BCUT2D eigenvalue weighted by Gasteiger charge is 2.44. The SMILES string of the molecule is CC1(C)c2cc(N(c3ccccc3)c3cccc(-c4ccc5c6c(oc5c4)=CCCC=6c4nc5c(c(C6=CCCC=C6)n4)C=CCC5)c3)ccc2C2C=CC=CC21. The first-order valence-corrected chi connectivity index (χ1v) is 20.7. The van der Waals surface area contributed by atoms with E-state index in [0.29, 0.717) is 11.8 Å². The first-order valence-electron chi connectivity index (χ1n) is 20.7. The Morgan fingerprint density at radius 2 is 1.54 bits per heavy atom. The highest BCUT2D eigenvalue weighted by molar-refractivity contribution is 5.89. The lowest BCUT2D eigenvalue weighted by atomic mass is 9.74. The van der Waals surface area contributed by atoms with Crippen LogP contribution in [0.1, 0.15) is 85.8 Å². The van der Waals surface area contributed by atoms with Crippen LogP contribution in [0.2, 0.25) is 0 Å². The molecule has 0 N–H and O–H groups in total. The minimum atomic E-state index is 0.0315. The molecule has 0 radical (unpaired) electrons. The second-order valence-corrected chi connectivity index (χ2v) is 16.6. The molecule has 0 aliphatic heterocycles. The number of fused-ring (bicyclic) bond motifs is 7. The van der Waals surface area contributed by atoms with Crippen molar-refractivity contribution in [1.29, 1.82) is 0 Å². The molecule has 4 heteroatoms. The molecular weight excluding hydrogens is 695 g/mol. The Hall–Kier alpha value is -6.26. The molecule has 2 aromatic heterocycles. The molecule has 0 saturated heterocycles. The van der Waals surface area contributed by atoms with Gasteiger partial charge in [-0.3, -0.25) is 0 Å². The number of furan rings is 1. The van der Waals surface area contributed by atoms with Crippen molar-refractivity contribution >= 4 is 51.3 Å². The number of aromatic nitrogens is 2. The summed E-state index contributed by atoms with van der Waals surface area (Å²) in [6.07, 6.45) is 28.6. The smallest absolute Gasteiger partial charge is 0.156 e. The van der Waals surface area contributed by atoms with Crippen molar-refractivity contribution in [3.8, 4) is 11.1 Å². The summed E-state index contributed by atoms with van der Waals surface area (Å²) >= 11 is 0. The summed E-state index contributed by atoms with van der Waals surface area (Å²) in [5.74, 6) is 1.73. The van der Waals surface area contributed by atoms with E-state index in [-0.39, 0.29) is 5.41 Å². The van der Waals surface area contributed by atoms with E-state index >= 15 is 0 Å². The zero-order valence-electron chi connectivity index (χ0n) is 32.6. The summed E-state index contributed by atoms with van der Waals surface area (Å²) in [5.41, 5.74) is 16.2. The number of para-hydroxylation sites is 1. The molecule has 6 aromatic rings. The van der Waals surface area contributed by atoms with Crippen LogP contribution in [-0.4, -0.2) is 9.97 Å². The van der Waals surface area contributed by atoms with E-state index in [1.807, 2.05) is 0 Å². The van der Waals surface area contributed by atoms with Gasteiger partial charge in [0.1, 0.15) is 11.0 Å². The summed E-state index contributed by atoms with van der Waals surface area (Å²) < 4.78 is 6.70. The van der Waals surface area contributed by atoms with Crippen molar-refractivity contribution in [2.75, 3.05) is 4.90 Å². The van der Waals surface area contributed by atoms with Crippen molar-refractivity contribution in [3.05, 3.63) is 184 Å². The highest BCUT2D eigenvalue weighted by atomic mass is 16.3. The lowest BCUT2D eigenvalue weighted by Crippen LogP contribution is -2.27. The van der Waals surface area contributed by atoms with Crippen LogP contribution in [0.25, 0.3) is 45.4 Å². The summed E-state index contributed by atoms with van der Waals surface area (Å²) in [7, 11) is 0. The van der Waals surface area contributed by atoms with Crippen LogP contribution in [0.4, 0.5) is 17.1 Å². The Balaban J connectivity index is 1.01. The predicted molar refractivity (Wildman–Crippen MR) is 235 cm³/mol. The number of aryl methyl sites for hydroxylation is 1. The highest BCUT2D eigenvalue weighted by Crippen LogP contribution is 2.54. The topological polar surface area (TPSA) is 42.2 Å². The third-order valence-electron chi connectivity index (χ3n) is 12.9. The van der Waals surface area contributed by atoms with Gasteiger partial charge in [-0.1, -0.05) is 111 Å². The van der Waals surface area contributed by atoms with Crippen molar-refractivity contribution in [1.82, 2.24) is 9.97 Å². The predicted octanol–water partition coefficient (Wildman–Crippen LogP) is 11.9. The van der Waals surface area contributed by atoms with Gasteiger partial charge in [0.05, 0.1) is 11.4 Å². The van der Waals surface area contributed by atoms with Gasteiger partial charge in [0.15, 0.2) is 5.82 Å². The second kappa shape index (κ2) is 13.4. The summed E-state index contributed by atoms with van der Waals surface area (Å²) in [6.45, 7) is 4.81. The molecule has 5 aliphatic carbocycles. The van der Waals surface area contributed by atoms with E-state index in [1.54, 1.807) is 0 Å². The van der Waals surface area contributed by atoms with E-state index in [0.717, 1.165) is 99.8 Å². The molecule has 57 heavy (non-hydrogen) atoms. The average Bonchev–Trinajstić information content (AvgIpc) is 3.75. The Morgan fingerprint density at radius 1 is 0.702 bits per heavy atom. The maximum Gasteiger partial charge on any atom is 0.156 e. The first kappa shape index (κ1) is 34.0. The fourth-order valence-corrected chi connectivity index (χ4v) is 10.0. The van der Waals surface area contributed by atoms with Gasteiger partial charge >= 0.3 is 0 Å². The fraction of sp³-hybridized carbons (Fsp3) is 0.208. The van der Waals surface area contributed by atoms with Crippen LogP contribution in [-0.2, 0) is 11.8 Å². The molecule has 0 fully saturated rings. The molecule has 0 saturated carbocycles. The van der Waals surface area contributed by atoms with Gasteiger partial charge in [0.2, 0.25) is 0 Å². The van der Waals surface area contributed by atoms with E-state index < -0.39 is 0 Å². The number of nitrogens with zero attached hydrogens (tertiary/aromatic N) is 3. The molecule has 4 aromatic carbocycles. The maximum absolute atomic E-state index is 6.70. The number of hydrogen-bond donors (Lipinski definition) is 0. The second-order valence-electron chi connectivity index (χ2n) is 16.6. The first-order chi connectivity index (χ1) is 28.0. The van der Waals surface area contributed by atoms with Crippen LogP contribution in [0.3, 0.4) is 0 Å². The summed E-state index contributed by atoms with van der Waals surface area (Å²) in [6, 6.07) is 33.5. The van der Waals surface area contributed by atoms with Crippen LogP contribution < -0.4 is 15.5 Å². The third-order valence-corrected chi connectivity index (χ3v) is 12.9. The fourth-order valence-electron chi connectivity index (χ4n) is 10.0. The van der Waals surface area contributed by atoms with Crippen LogP contribution >= 0.6 is 0 Å². The molecular formula is C53H45N3O. The zero-order valence-corrected chi connectivity index (χ0v) is 32.6. The number of rotatable bonds is 6. The minimum Gasteiger partial charge on any atom is -0.456 e. The van der Waals surface area contributed by atoms with E-state index in [1.165, 1.54) is 33.5 Å². The maximum atomic E-state index is 6.70. The average molecular weight is 740 g/mol. The molecule has 2 heterocycles. The van der Waals surface area contributed by atoms with Crippen LogP contribution in [0.5, 0.6) is 0 Å². The number of benzene rings is 4. The van der Waals surface area contributed by atoms with Crippen molar-refractivity contribution in [2.45, 2.75) is 63.7 Å². The van der Waals surface area contributed by atoms with Gasteiger partial charge in [-0.25, -0.2) is 9.97 Å². The molecule has 4 nitrogen and oxygen atoms in total. The third kappa shape index (κ3) is 5.64. The zero-order chi connectivity index (χ0) is 38.1. The normalized spacial score (nSPS) is 19.8. The molecule has 2 unspecified atom stereocenters. The molecule has 0 spiro atoms. The largest absolute Gasteiger partial charge is 0.456 e. The lowest BCUT2D eigenvalue weighted by molar-refractivity contribution is 0.394. The minimum absolute atomic E-state index is 0.0315. The number of anilines is 3. The van der Waals surface area contributed by atoms with E-state index in [9.17, 15) is 0 Å².